The van der Waals surface area contributed by atoms with Gasteiger partial charge in [0, 0.05) is 21.1 Å². The van der Waals surface area contributed by atoms with Gasteiger partial charge in [-0.3, -0.25) is 11.3 Å². The molecule has 0 aliphatic heterocycles. The van der Waals surface area contributed by atoms with Crippen molar-refractivity contribution < 1.29 is 0 Å². The lowest BCUT2D eigenvalue weighted by Crippen LogP contribution is -2.28. The summed E-state index contributed by atoms with van der Waals surface area (Å²) in [6.07, 6.45) is 0.883. The third-order valence-corrected chi connectivity index (χ3v) is 4.71. The van der Waals surface area contributed by atoms with Gasteiger partial charge < -0.3 is 0 Å². The highest BCUT2D eigenvalue weighted by Crippen LogP contribution is 2.29. The molecule has 0 fully saturated rings. The Labute approximate surface area is 108 Å². The van der Waals surface area contributed by atoms with Crippen LogP contribution in [-0.4, -0.2) is 0 Å². The standard InChI is InChI=1S/C11H13ClN2S2/c1-7-2-4-10(15-7)9(14-13)6-8-3-5-11(12)16-8/h2-5,9,14H,6,13H2,1H3. The summed E-state index contributed by atoms with van der Waals surface area (Å²) < 4.78 is 0.827. The summed E-state index contributed by atoms with van der Waals surface area (Å²) in [4.78, 5) is 3.82. The number of nitrogens with two attached hydrogens (primary N) is 1. The van der Waals surface area contributed by atoms with Crippen molar-refractivity contribution in [2.45, 2.75) is 19.4 Å². The van der Waals surface area contributed by atoms with Crippen LogP contribution in [0, 0.1) is 6.92 Å². The first-order valence-electron chi connectivity index (χ1n) is 4.95. The normalized spacial score (nSPS) is 12.9. The summed E-state index contributed by atoms with van der Waals surface area (Å²) >= 11 is 9.29. The smallest absolute Gasteiger partial charge is 0.0931 e. The fourth-order valence-corrected chi connectivity index (χ4v) is 3.62. The molecule has 3 N–H and O–H groups in total. The highest BCUT2D eigenvalue weighted by Gasteiger charge is 2.13. The predicted octanol–water partition coefficient (Wildman–Crippen LogP) is 3.52. The largest absolute Gasteiger partial charge is 0.271 e. The van der Waals surface area contributed by atoms with Crippen LogP contribution in [0.1, 0.15) is 20.7 Å². The molecule has 2 aromatic rings. The van der Waals surface area contributed by atoms with Gasteiger partial charge in [0.2, 0.25) is 0 Å². The van der Waals surface area contributed by atoms with E-state index in [0.717, 1.165) is 10.8 Å². The molecule has 0 spiro atoms. The molecule has 2 aromatic heterocycles. The van der Waals surface area contributed by atoms with Gasteiger partial charge in [0.05, 0.1) is 10.4 Å². The summed E-state index contributed by atoms with van der Waals surface area (Å²) in [5.41, 5.74) is 2.86. The Morgan fingerprint density at radius 1 is 1.31 bits per heavy atom. The van der Waals surface area contributed by atoms with Crippen LogP contribution in [0.3, 0.4) is 0 Å². The van der Waals surface area contributed by atoms with E-state index in [4.69, 9.17) is 17.4 Å². The molecule has 0 saturated carbocycles. The van der Waals surface area contributed by atoms with Gasteiger partial charge in [0.25, 0.3) is 0 Å². The zero-order chi connectivity index (χ0) is 11.5. The quantitative estimate of drug-likeness (QED) is 0.660. The average Bonchev–Trinajstić information content (AvgIpc) is 2.84. The van der Waals surface area contributed by atoms with Gasteiger partial charge in [-0.1, -0.05) is 11.6 Å². The van der Waals surface area contributed by atoms with Gasteiger partial charge in [-0.05, 0) is 31.2 Å². The molecule has 0 radical (unpaired) electrons. The molecule has 1 unspecified atom stereocenters. The molecule has 0 aromatic carbocycles. The van der Waals surface area contributed by atoms with Crippen LogP contribution in [0.15, 0.2) is 24.3 Å². The van der Waals surface area contributed by atoms with Crippen LogP contribution in [0.4, 0.5) is 0 Å². The maximum absolute atomic E-state index is 5.91. The van der Waals surface area contributed by atoms with Gasteiger partial charge in [-0.25, -0.2) is 0 Å². The lowest BCUT2D eigenvalue weighted by molar-refractivity contribution is 0.564. The summed E-state index contributed by atoms with van der Waals surface area (Å²) in [5.74, 6) is 5.60. The summed E-state index contributed by atoms with van der Waals surface area (Å²) in [6, 6.07) is 8.39. The SMILES string of the molecule is Cc1ccc(C(Cc2ccc(Cl)s2)NN)s1. The van der Waals surface area contributed by atoms with Crippen molar-refractivity contribution in [3.63, 3.8) is 0 Å². The van der Waals surface area contributed by atoms with E-state index in [9.17, 15) is 0 Å². The molecule has 2 heterocycles. The van der Waals surface area contributed by atoms with Crippen molar-refractivity contribution in [3.05, 3.63) is 43.2 Å². The Bertz CT molecular complexity index is 464. The van der Waals surface area contributed by atoms with Crippen molar-refractivity contribution in [2.24, 2.45) is 5.84 Å². The highest BCUT2D eigenvalue weighted by molar-refractivity contribution is 7.16. The van der Waals surface area contributed by atoms with Gasteiger partial charge in [-0.2, -0.15) is 0 Å². The first-order valence-corrected chi connectivity index (χ1v) is 6.97. The first-order chi connectivity index (χ1) is 7.69. The highest BCUT2D eigenvalue weighted by atomic mass is 35.5. The molecule has 1 atom stereocenters. The number of aryl methyl sites for hydroxylation is 1. The number of hydrazine groups is 1. The number of rotatable bonds is 4. The van der Waals surface area contributed by atoms with Crippen molar-refractivity contribution >= 4 is 34.3 Å². The van der Waals surface area contributed by atoms with Gasteiger partial charge in [0.15, 0.2) is 0 Å². The maximum Gasteiger partial charge on any atom is 0.0931 e. The Morgan fingerprint density at radius 3 is 2.62 bits per heavy atom. The molecule has 0 aliphatic rings. The monoisotopic (exact) mass is 272 g/mol. The minimum atomic E-state index is 0.174. The Morgan fingerprint density at radius 2 is 2.12 bits per heavy atom. The zero-order valence-corrected chi connectivity index (χ0v) is 11.3. The van der Waals surface area contributed by atoms with Crippen molar-refractivity contribution in [1.29, 1.82) is 0 Å². The van der Waals surface area contributed by atoms with Crippen molar-refractivity contribution in [2.75, 3.05) is 0 Å². The van der Waals surface area contributed by atoms with Crippen molar-refractivity contribution in [1.82, 2.24) is 5.43 Å². The van der Waals surface area contributed by atoms with Gasteiger partial charge in [-0.15, -0.1) is 22.7 Å². The first kappa shape index (κ1) is 12.1. The third kappa shape index (κ3) is 2.84. The number of nitrogens with one attached hydrogen (secondary N) is 1. The summed E-state index contributed by atoms with van der Waals surface area (Å²) in [6.45, 7) is 2.10. The second-order valence-corrected chi connectivity index (χ2v) is 6.70. The number of thiophene rings is 2. The molecule has 0 amide bonds. The molecule has 0 saturated heterocycles. The van der Waals surface area contributed by atoms with E-state index in [1.165, 1.54) is 14.6 Å². The van der Waals surface area contributed by atoms with Crippen LogP contribution >= 0.6 is 34.3 Å². The van der Waals surface area contributed by atoms with E-state index in [1.54, 1.807) is 22.7 Å². The van der Waals surface area contributed by atoms with Gasteiger partial charge in [0.1, 0.15) is 0 Å². The molecular formula is C11H13ClN2S2. The molecule has 0 aliphatic carbocycles. The van der Waals surface area contributed by atoms with E-state index in [0.29, 0.717) is 0 Å². The topological polar surface area (TPSA) is 38.0 Å². The maximum atomic E-state index is 5.91. The molecule has 5 heteroatoms. The predicted molar refractivity (Wildman–Crippen MR) is 72.2 cm³/mol. The second kappa shape index (κ2) is 5.29. The Hall–Kier alpha value is -0.390. The van der Waals surface area contributed by atoms with E-state index >= 15 is 0 Å². The lowest BCUT2D eigenvalue weighted by Gasteiger charge is -2.12. The number of hydrogen-bond acceptors (Lipinski definition) is 4. The van der Waals surface area contributed by atoms with E-state index in [1.807, 2.05) is 6.07 Å². The van der Waals surface area contributed by atoms with E-state index in [2.05, 4.69) is 30.5 Å². The number of hydrogen-bond donors (Lipinski definition) is 2. The Balaban J connectivity index is 2.12. The van der Waals surface area contributed by atoms with Crippen molar-refractivity contribution in [3.8, 4) is 0 Å². The minimum Gasteiger partial charge on any atom is -0.271 e. The van der Waals surface area contributed by atoms with Crippen LogP contribution in [0.2, 0.25) is 4.34 Å². The van der Waals surface area contributed by atoms with E-state index < -0.39 is 0 Å². The molecule has 16 heavy (non-hydrogen) atoms. The molecular weight excluding hydrogens is 260 g/mol. The molecule has 2 rings (SSSR count). The molecule has 86 valence electrons. The molecule has 0 bridgehead atoms. The summed E-state index contributed by atoms with van der Waals surface area (Å²) in [7, 11) is 0. The average molecular weight is 273 g/mol. The fourth-order valence-electron chi connectivity index (χ4n) is 1.54. The second-order valence-electron chi connectivity index (χ2n) is 3.58. The fraction of sp³-hybridized carbons (Fsp3) is 0.273. The summed E-state index contributed by atoms with van der Waals surface area (Å²) in [5, 5.41) is 0. The zero-order valence-electron chi connectivity index (χ0n) is 8.87. The lowest BCUT2D eigenvalue weighted by atomic mass is 10.1. The van der Waals surface area contributed by atoms with Crippen LogP contribution < -0.4 is 11.3 Å². The van der Waals surface area contributed by atoms with Gasteiger partial charge >= 0.3 is 0 Å². The van der Waals surface area contributed by atoms with Crippen LogP contribution in [0.5, 0.6) is 0 Å². The Kier molecular flexibility index (Phi) is 4.00. The minimum absolute atomic E-state index is 0.174. The van der Waals surface area contributed by atoms with E-state index in [-0.39, 0.29) is 6.04 Å². The molecule has 2 nitrogen and oxygen atoms in total. The van der Waals surface area contributed by atoms with Crippen LogP contribution in [0.25, 0.3) is 0 Å². The number of halogens is 1. The van der Waals surface area contributed by atoms with Crippen LogP contribution in [-0.2, 0) is 6.42 Å². The third-order valence-electron chi connectivity index (χ3n) is 2.34.